The van der Waals surface area contributed by atoms with Crippen LogP contribution in [0.15, 0.2) is 23.1 Å². The van der Waals surface area contributed by atoms with E-state index in [4.69, 9.17) is 11.6 Å². The van der Waals surface area contributed by atoms with Crippen LogP contribution in [0, 0.1) is 0 Å². The summed E-state index contributed by atoms with van der Waals surface area (Å²) < 4.78 is 1.51. The maximum absolute atomic E-state index is 11.4. The average Bonchev–Trinajstić information content (AvgIpc) is 2.39. The first-order valence-electron chi connectivity index (χ1n) is 3.52. The summed E-state index contributed by atoms with van der Waals surface area (Å²) in [4.78, 5) is 14.2. The second-order valence-corrected chi connectivity index (χ2v) is 3.09. The molecule has 2 aromatic heterocycles. The molecule has 0 radical (unpaired) electrons. The van der Waals surface area contributed by atoms with E-state index in [1.54, 1.807) is 19.3 Å². The Balaban J connectivity index is 2.99. The summed E-state index contributed by atoms with van der Waals surface area (Å²) in [6, 6.07) is 3.58. The normalized spacial score (nSPS) is 10.8. The quantitative estimate of drug-likeness (QED) is 0.659. The van der Waals surface area contributed by atoms with Crippen LogP contribution in [0.5, 0.6) is 0 Å². The SMILES string of the molecule is Cn1ccc2cc(Cl)[nH]c2c1=O. The molecule has 0 bridgehead atoms. The van der Waals surface area contributed by atoms with Crippen molar-refractivity contribution in [2.75, 3.05) is 0 Å². The third-order valence-corrected chi connectivity index (χ3v) is 2.03. The number of rotatable bonds is 0. The molecule has 0 fully saturated rings. The van der Waals surface area contributed by atoms with Crippen LogP contribution >= 0.6 is 11.6 Å². The van der Waals surface area contributed by atoms with Gasteiger partial charge < -0.3 is 9.55 Å². The molecule has 0 saturated carbocycles. The molecule has 0 amide bonds. The molecule has 0 aliphatic carbocycles. The topological polar surface area (TPSA) is 37.8 Å². The fourth-order valence-corrected chi connectivity index (χ4v) is 1.39. The van der Waals surface area contributed by atoms with E-state index in [0.717, 1.165) is 5.39 Å². The molecule has 0 unspecified atom stereocenters. The van der Waals surface area contributed by atoms with E-state index in [2.05, 4.69) is 4.98 Å². The molecule has 4 heteroatoms. The first kappa shape index (κ1) is 7.43. The lowest BCUT2D eigenvalue weighted by Gasteiger charge is -1.94. The molecule has 3 nitrogen and oxygen atoms in total. The van der Waals surface area contributed by atoms with Gasteiger partial charge in [-0.25, -0.2) is 0 Å². The van der Waals surface area contributed by atoms with Gasteiger partial charge in [0.05, 0.1) is 0 Å². The van der Waals surface area contributed by atoms with Crippen LogP contribution < -0.4 is 5.56 Å². The maximum Gasteiger partial charge on any atom is 0.274 e. The van der Waals surface area contributed by atoms with Gasteiger partial charge in [-0.2, -0.15) is 0 Å². The highest BCUT2D eigenvalue weighted by atomic mass is 35.5. The smallest absolute Gasteiger partial charge is 0.274 e. The minimum atomic E-state index is -0.0561. The second-order valence-electron chi connectivity index (χ2n) is 2.68. The standard InChI is InChI=1S/C8H7ClN2O/c1-11-3-2-5-4-6(9)10-7(5)8(11)12/h2-4,10H,1H3. The van der Waals surface area contributed by atoms with Gasteiger partial charge in [0, 0.05) is 18.6 Å². The second kappa shape index (κ2) is 2.38. The first-order chi connectivity index (χ1) is 5.68. The van der Waals surface area contributed by atoms with Crippen molar-refractivity contribution in [2.24, 2.45) is 7.05 Å². The molecular weight excluding hydrogens is 176 g/mol. The van der Waals surface area contributed by atoms with Crippen molar-refractivity contribution < 1.29 is 0 Å². The predicted octanol–water partition coefficient (Wildman–Crippen LogP) is 1.52. The Labute approximate surface area is 73.6 Å². The summed E-state index contributed by atoms with van der Waals surface area (Å²) in [5.41, 5.74) is 0.504. The molecule has 0 atom stereocenters. The Morgan fingerprint density at radius 2 is 2.33 bits per heavy atom. The largest absolute Gasteiger partial charge is 0.341 e. The third kappa shape index (κ3) is 0.940. The van der Waals surface area contributed by atoms with Crippen LogP contribution in [0.2, 0.25) is 5.15 Å². The first-order valence-corrected chi connectivity index (χ1v) is 3.90. The van der Waals surface area contributed by atoms with Crippen molar-refractivity contribution in [3.8, 4) is 0 Å². The van der Waals surface area contributed by atoms with Crippen molar-refractivity contribution in [2.45, 2.75) is 0 Å². The molecule has 2 rings (SSSR count). The zero-order chi connectivity index (χ0) is 8.72. The predicted molar refractivity (Wildman–Crippen MR) is 48.5 cm³/mol. The number of nitrogens with zero attached hydrogens (tertiary/aromatic N) is 1. The van der Waals surface area contributed by atoms with Crippen LogP contribution in [0.25, 0.3) is 10.9 Å². The van der Waals surface area contributed by atoms with Crippen LogP contribution in [0.3, 0.4) is 0 Å². The number of fused-ring (bicyclic) bond motifs is 1. The summed E-state index contributed by atoms with van der Waals surface area (Å²) >= 11 is 5.70. The van der Waals surface area contributed by atoms with Crippen LogP contribution in [-0.2, 0) is 7.05 Å². The summed E-state index contributed by atoms with van der Waals surface area (Å²) in [6.07, 6.45) is 1.72. The van der Waals surface area contributed by atoms with E-state index in [1.165, 1.54) is 4.57 Å². The van der Waals surface area contributed by atoms with Gasteiger partial charge in [-0.3, -0.25) is 4.79 Å². The molecular formula is C8H7ClN2O. The van der Waals surface area contributed by atoms with E-state index in [1.807, 2.05) is 6.07 Å². The number of aromatic nitrogens is 2. The summed E-state index contributed by atoms with van der Waals surface area (Å²) in [5.74, 6) is 0. The summed E-state index contributed by atoms with van der Waals surface area (Å²) in [5, 5.41) is 1.34. The molecule has 1 N–H and O–H groups in total. The van der Waals surface area contributed by atoms with Crippen molar-refractivity contribution >= 4 is 22.5 Å². The molecule has 0 aliphatic heterocycles. The third-order valence-electron chi connectivity index (χ3n) is 1.83. The molecule has 0 saturated heterocycles. The minimum absolute atomic E-state index is 0.0561. The van der Waals surface area contributed by atoms with Gasteiger partial charge in [-0.05, 0) is 12.1 Å². The lowest BCUT2D eigenvalue weighted by molar-refractivity contribution is 0.870. The molecule has 62 valence electrons. The highest BCUT2D eigenvalue weighted by molar-refractivity contribution is 6.30. The number of nitrogens with one attached hydrogen (secondary N) is 1. The Morgan fingerprint density at radius 1 is 1.58 bits per heavy atom. The molecule has 2 aromatic rings. The van der Waals surface area contributed by atoms with Crippen LogP contribution in [0.4, 0.5) is 0 Å². The van der Waals surface area contributed by atoms with Crippen LogP contribution in [-0.4, -0.2) is 9.55 Å². The molecule has 2 heterocycles. The van der Waals surface area contributed by atoms with E-state index in [-0.39, 0.29) is 5.56 Å². The van der Waals surface area contributed by atoms with Gasteiger partial charge in [0.25, 0.3) is 5.56 Å². The van der Waals surface area contributed by atoms with E-state index in [9.17, 15) is 4.79 Å². The summed E-state index contributed by atoms with van der Waals surface area (Å²) in [7, 11) is 1.70. The zero-order valence-electron chi connectivity index (χ0n) is 6.47. The van der Waals surface area contributed by atoms with Crippen molar-refractivity contribution in [3.63, 3.8) is 0 Å². The number of halogens is 1. The molecule has 0 spiro atoms. The average molecular weight is 183 g/mol. The Morgan fingerprint density at radius 3 is 3.08 bits per heavy atom. The fourth-order valence-electron chi connectivity index (χ4n) is 1.18. The highest BCUT2D eigenvalue weighted by Crippen LogP contribution is 2.14. The van der Waals surface area contributed by atoms with Gasteiger partial charge in [-0.15, -0.1) is 0 Å². The van der Waals surface area contributed by atoms with Crippen molar-refractivity contribution in [1.82, 2.24) is 9.55 Å². The van der Waals surface area contributed by atoms with E-state index >= 15 is 0 Å². The van der Waals surface area contributed by atoms with E-state index in [0.29, 0.717) is 10.7 Å². The maximum atomic E-state index is 11.4. The Kier molecular flexibility index (Phi) is 1.48. The van der Waals surface area contributed by atoms with Gasteiger partial charge in [0.2, 0.25) is 0 Å². The monoisotopic (exact) mass is 182 g/mol. The number of aryl methyl sites for hydroxylation is 1. The minimum Gasteiger partial charge on any atom is -0.341 e. The van der Waals surface area contributed by atoms with E-state index < -0.39 is 0 Å². The van der Waals surface area contributed by atoms with Gasteiger partial charge >= 0.3 is 0 Å². The number of aromatic amines is 1. The lowest BCUT2D eigenvalue weighted by atomic mass is 10.3. The zero-order valence-corrected chi connectivity index (χ0v) is 7.22. The van der Waals surface area contributed by atoms with Gasteiger partial charge in [0.15, 0.2) is 0 Å². The number of pyridine rings is 1. The fraction of sp³-hybridized carbons (Fsp3) is 0.125. The molecule has 0 aromatic carbocycles. The lowest BCUT2D eigenvalue weighted by Crippen LogP contribution is -2.15. The van der Waals surface area contributed by atoms with Gasteiger partial charge in [0.1, 0.15) is 10.7 Å². The highest BCUT2D eigenvalue weighted by Gasteiger charge is 2.02. The van der Waals surface area contributed by atoms with Crippen molar-refractivity contribution in [1.29, 1.82) is 0 Å². The van der Waals surface area contributed by atoms with Gasteiger partial charge in [-0.1, -0.05) is 11.6 Å². The molecule has 0 aliphatic rings. The Hall–Kier alpha value is -1.22. The summed E-state index contributed by atoms with van der Waals surface area (Å²) in [6.45, 7) is 0. The number of hydrogen-bond donors (Lipinski definition) is 1. The Bertz CT molecular complexity index is 483. The van der Waals surface area contributed by atoms with Crippen LogP contribution in [0.1, 0.15) is 0 Å². The number of H-pyrrole nitrogens is 1. The number of hydrogen-bond acceptors (Lipinski definition) is 1. The van der Waals surface area contributed by atoms with Crippen molar-refractivity contribution in [3.05, 3.63) is 33.8 Å². The molecule has 12 heavy (non-hydrogen) atoms.